The lowest BCUT2D eigenvalue weighted by atomic mass is 10.2. The van der Waals surface area contributed by atoms with Gasteiger partial charge >= 0.3 is 6.03 Å². The van der Waals surface area contributed by atoms with Crippen LogP contribution in [0.4, 0.5) is 14.9 Å². The Morgan fingerprint density at radius 2 is 2.17 bits per heavy atom. The number of aromatic nitrogens is 2. The molecule has 1 aromatic carbocycles. The van der Waals surface area contributed by atoms with Crippen molar-refractivity contribution in [1.82, 2.24) is 15.1 Å². The summed E-state index contributed by atoms with van der Waals surface area (Å²) in [5.74, 6) is -1.04. The van der Waals surface area contributed by atoms with Crippen molar-refractivity contribution >= 4 is 45.2 Å². The van der Waals surface area contributed by atoms with E-state index in [2.05, 4.69) is 31.7 Å². The molecule has 0 saturated carbocycles. The van der Waals surface area contributed by atoms with Crippen molar-refractivity contribution in [3.8, 4) is 0 Å². The summed E-state index contributed by atoms with van der Waals surface area (Å²) in [6, 6.07) is 3.19. The van der Waals surface area contributed by atoms with Crippen molar-refractivity contribution in [3.63, 3.8) is 0 Å². The third-order valence-corrected chi connectivity index (χ3v) is 3.58. The van der Waals surface area contributed by atoms with Gasteiger partial charge in [0.25, 0.3) is 5.91 Å². The monoisotopic (exact) mass is 402 g/mol. The van der Waals surface area contributed by atoms with Crippen LogP contribution in [0.1, 0.15) is 16.1 Å². The van der Waals surface area contributed by atoms with E-state index >= 15 is 0 Å². The van der Waals surface area contributed by atoms with E-state index in [4.69, 9.17) is 11.6 Å². The van der Waals surface area contributed by atoms with Crippen molar-refractivity contribution in [2.75, 3.05) is 17.2 Å². The molecule has 0 spiro atoms. The van der Waals surface area contributed by atoms with Gasteiger partial charge in [-0.05, 0) is 25.1 Å². The molecule has 2 aromatic rings. The fourth-order valence-electron chi connectivity index (χ4n) is 1.80. The first kappa shape index (κ1) is 17.4. The number of nitrogens with one attached hydrogen (secondary N) is 2. The Morgan fingerprint density at radius 1 is 1.43 bits per heavy atom. The number of nitrogens with zero attached hydrogens (tertiary/aromatic N) is 2. The van der Waals surface area contributed by atoms with Gasteiger partial charge in [-0.25, -0.2) is 9.18 Å². The van der Waals surface area contributed by atoms with E-state index < -0.39 is 17.8 Å². The number of amides is 2. The number of carbonyl (C=O) groups is 2. The minimum Gasteiger partial charge on any atom is -0.335 e. The average Bonchev–Trinajstić information content (AvgIpc) is 2.89. The lowest BCUT2D eigenvalue weighted by molar-refractivity contribution is 0.102. The maximum absolute atomic E-state index is 13.0. The fourth-order valence-corrected chi connectivity index (χ4v) is 2.21. The summed E-state index contributed by atoms with van der Waals surface area (Å²) >= 11 is 9.06. The molecule has 23 heavy (non-hydrogen) atoms. The number of aryl methyl sites for hydroxylation is 1. The summed E-state index contributed by atoms with van der Waals surface area (Å²) in [7, 11) is 0. The van der Waals surface area contributed by atoms with Gasteiger partial charge in [0.1, 0.15) is 5.82 Å². The molecule has 122 valence electrons. The van der Waals surface area contributed by atoms with Crippen LogP contribution in [0.15, 0.2) is 24.4 Å². The number of alkyl halides is 1. The first-order chi connectivity index (χ1) is 10.9. The molecule has 2 amide bonds. The third-order valence-electron chi connectivity index (χ3n) is 2.87. The van der Waals surface area contributed by atoms with Gasteiger partial charge < -0.3 is 10.6 Å². The van der Waals surface area contributed by atoms with Crippen molar-refractivity contribution in [2.45, 2.75) is 6.92 Å². The Balaban J connectivity index is 2.16. The van der Waals surface area contributed by atoms with Crippen LogP contribution >= 0.6 is 27.5 Å². The number of anilines is 1. The van der Waals surface area contributed by atoms with Gasteiger partial charge in [0.05, 0.1) is 10.7 Å². The largest absolute Gasteiger partial charge is 0.342 e. The predicted molar refractivity (Wildman–Crippen MR) is 88.9 cm³/mol. The van der Waals surface area contributed by atoms with Crippen LogP contribution in [-0.2, 0) is 0 Å². The lowest BCUT2D eigenvalue weighted by Gasteiger charge is -2.06. The smallest absolute Gasteiger partial charge is 0.335 e. The molecule has 0 unspecified atom stereocenters. The molecule has 0 aliphatic rings. The normalized spacial score (nSPS) is 10.4. The van der Waals surface area contributed by atoms with Crippen LogP contribution in [-0.4, -0.2) is 33.6 Å². The van der Waals surface area contributed by atoms with Crippen LogP contribution < -0.4 is 10.6 Å². The van der Waals surface area contributed by atoms with Crippen LogP contribution in [0.3, 0.4) is 0 Å². The summed E-state index contributed by atoms with van der Waals surface area (Å²) < 4.78 is 14.1. The van der Waals surface area contributed by atoms with Gasteiger partial charge in [0, 0.05) is 23.6 Å². The van der Waals surface area contributed by atoms with Gasteiger partial charge in [-0.3, -0.25) is 4.79 Å². The first-order valence-corrected chi connectivity index (χ1v) is 8.09. The second kappa shape index (κ2) is 7.56. The van der Waals surface area contributed by atoms with E-state index in [-0.39, 0.29) is 16.4 Å². The fraction of sp³-hybridized carbons (Fsp3) is 0.214. The number of hydrogen-bond acceptors (Lipinski definition) is 3. The standard InChI is InChI=1S/C14H13BrClFN4O2/c1-8-7-21(14(23)18-5-4-15)20-12(8)13(22)19-11-3-2-9(17)6-10(11)16/h2-3,6-7H,4-5H2,1H3,(H,18,23)(H,19,22). The highest BCUT2D eigenvalue weighted by molar-refractivity contribution is 9.09. The average molecular weight is 404 g/mol. The van der Waals surface area contributed by atoms with Gasteiger partial charge in [-0.15, -0.1) is 0 Å². The Morgan fingerprint density at radius 3 is 2.83 bits per heavy atom. The second-order valence-corrected chi connectivity index (χ2v) is 5.80. The van der Waals surface area contributed by atoms with E-state index in [1.54, 1.807) is 6.92 Å². The van der Waals surface area contributed by atoms with Crippen molar-refractivity contribution in [1.29, 1.82) is 0 Å². The molecule has 0 aliphatic heterocycles. The number of hydrogen-bond donors (Lipinski definition) is 2. The molecule has 0 bridgehead atoms. The summed E-state index contributed by atoms with van der Waals surface area (Å²) in [6.07, 6.45) is 1.45. The maximum atomic E-state index is 13.0. The van der Waals surface area contributed by atoms with E-state index in [9.17, 15) is 14.0 Å². The van der Waals surface area contributed by atoms with Crippen LogP contribution in [0.25, 0.3) is 0 Å². The quantitative estimate of drug-likeness (QED) is 0.770. The van der Waals surface area contributed by atoms with Gasteiger partial charge in [-0.2, -0.15) is 9.78 Å². The highest BCUT2D eigenvalue weighted by atomic mass is 79.9. The van der Waals surface area contributed by atoms with Crippen LogP contribution in [0.2, 0.25) is 5.02 Å². The maximum Gasteiger partial charge on any atom is 0.342 e. The highest BCUT2D eigenvalue weighted by Crippen LogP contribution is 2.23. The minimum atomic E-state index is -0.539. The lowest BCUT2D eigenvalue weighted by Crippen LogP contribution is -2.30. The molecule has 9 heteroatoms. The summed E-state index contributed by atoms with van der Waals surface area (Å²) in [4.78, 5) is 24.1. The predicted octanol–water partition coefficient (Wildman–Crippen LogP) is 3.19. The second-order valence-electron chi connectivity index (χ2n) is 4.60. The van der Waals surface area contributed by atoms with E-state index in [0.29, 0.717) is 17.4 Å². The first-order valence-electron chi connectivity index (χ1n) is 6.59. The topological polar surface area (TPSA) is 76.0 Å². The van der Waals surface area contributed by atoms with Gasteiger partial charge in [0.15, 0.2) is 5.69 Å². The molecule has 0 radical (unpaired) electrons. The number of rotatable bonds is 4. The molecule has 0 aliphatic carbocycles. The molecular weight excluding hydrogens is 391 g/mol. The molecule has 1 heterocycles. The number of benzene rings is 1. The SMILES string of the molecule is Cc1cn(C(=O)NCCBr)nc1C(=O)Nc1ccc(F)cc1Cl. The summed E-state index contributed by atoms with van der Waals surface area (Å²) in [5, 5.41) is 9.80. The van der Waals surface area contributed by atoms with Crippen LogP contribution in [0, 0.1) is 12.7 Å². The summed E-state index contributed by atoms with van der Waals surface area (Å²) in [5.41, 5.74) is 0.866. The van der Waals surface area contributed by atoms with Gasteiger partial charge in [-0.1, -0.05) is 27.5 Å². The Hall–Kier alpha value is -1.93. The molecule has 0 saturated heterocycles. The zero-order valence-electron chi connectivity index (χ0n) is 12.1. The van der Waals surface area contributed by atoms with Crippen LogP contribution in [0.5, 0.6) is 0 Å². The molecular formula is C14H13BrClFN4O2. The number of halogens is 3. The van der Waals surface area contributed by atoms with E-state index in [1.165, 1.54) is 18.3 Å². The van der Waals surface area contributed by atoms with Crippen molar-refractivity contribution in [2.24, 2.45) is 0 Å². The molecule has 6 nitrogen and oxygen atoms in total. The molecule has 2 rings (SSSR count). The molecule has 0 atom stereocenters. The van der Waals surface area contributed by atoms with Crippen molar-refractivity contribution in [3.05, 3.63) is 46.5 Å². The summed E-state index contributed by atoms with van der Waals surface area (Å²) in [6.45, 7) is 2.09. The highest BCUT2D eigenvalue weighted by Gasteiger charge is 2.18. The Bertz CT molecular complexity index is 750. The van der Waals surface area contributed by atoms with E-state index in [1.807, 2.05) is 0 Å². The molecule has 0 fully saturated rings. The third kappa shape index (κ3) is 4.29. The van der Waals surface area contributed by atoms with E-state index in [0.717, 1.165) is 10.7 Å². The molecule has 1 aromatic heterocycles. The van der Waals surface area contributed by atoms with Gasteiger partial charge in [0.2, 0.25) is 0 Å². The van der Waals surface area contributed by atoms with Crippen molar-refractivity contribution < 1.29 is 14.0 Å². The minimum absolute atomic E-state index is 0.0745. The zero-order valence-corrected chi connectivity index (χ0v) is 14.4. The number of carbonyl (C=O) groups excluding carboxylic acids is 2. The Kier molecular flexibility index (Phi) is 5.73. The molecule has 2 N–H and O–H groups in total. The Labute approximate surface area is 145 Å². The zero-order chi connectivity index (χ0) is 17.0.